The number of nitrogens with zero attached hydrogens (tertiary/aromatic N) is 1. The van der Waals surface area contributed by atoms with Gasteiger partial charge in [0.15, 0.2) is 0 Å². The molecule has 3 aromatic rings. The van der Waals surface area contributed by atoms with Crippen LogP contribution in [0.3, 0.4) is 0 Å². The van der Waals surface area contributed by atoms with E-state index < -0.39 is 10.0 Å². The van der Waals surface area contributed by atoms with Gasteiger partial charge in [0.1, 0.15) is 5.75 Å². The summed E-state index contributed by atoms with van der Waals surface area (Å²) in [4.78, 5) is 0.162. The Morgan fingerprint density at radius 3 is 2.30 bits per heavy atom. The van der Waals surface area contributed by atoms with Crippen LogP contribution in [0.15, 0.2) is 47.4 Å². The van der Waals surface area contributed by atoms with Crippen molar-refractivity contribution in [2.24, 2.45) is 0 Å². The van der Waals surface area contributed by atoms with Gasteiger partial charge in [0, 0.05) is 16.1 Å². The number of ether oxygens (including phenoxy) is 1. The number of aryl methyl sites for hydroxylation is 1. The van der Waals surface area contributed by atoms with Crippen molar-refractivity contribution in [1.82, 2.24) is 3.97 Å². The molecule has 0 bridgehead atoms. The Kier molecular flexibility index (Phi) is 4.04. The number of halogens is 2. The van der Waals surface area contributed by atoms with Crippen molar-refractivity contribution in [2.75, 3.05) is 7.11 Å². The molecule has 0 spiro atoms. The summed E-state index contributed by atoms with van der Waals surface area (Å²) in [5.41, 5.74) is 1.09. The number of rotatable bonds is 3. The number of fused-ring (bicyclic) bond motifs is 1. The van der Waals surface area contributed by atoms with Crippen LogP contribution in [0.5, 0.6) is 5.75 Å². The lowest BCUT2D eigenvalue weighted by atomic mass is 10.2. The first-order chi connectivity index (χ1) is 10.8. The van der Waals surface area contributed by atoms with E-state index in [9.17, 15) is 8.42 Å². The van der Waals surface area contributed by atoms with E-state index in [0.29, 0.717) is 27.0 Å². The van der Waals surface area contributed by atoms with Crippen LogP contribution in [-0.4, -0.2) is 19.5 Å². The minimum Gasteiger partial charge on any atom is -0.495 e. The highest BCUT2D eigenvalue weighted by Gasteiger charge is 2.22. The second kappa shape index (κ2) is 5.74. The van der Waals surface area contributed by atoms with Gasteiger partial charge in [-0.2, -0.15) is 0 Å². The van der Waals surface area contributed by atoms with Gasteiger partial charge < -0.3 is 4.74 Å². The zero-order chi connectivity index (χ0) is 16.8. The van der Waals surface area contributed by atoms with Crippen LogP contribution in [0.25, 0.3) is 10.9 Å². The minimum atomic E-state index is -3.75. The predicted octanol–water partition coefficient (Wildman–Crippen LogP) is 4.50. The molecule has 120 valence electrons. The molecule has 0 unspecified atom stereocenters. The molecule has 0 saturated heterocycles. The van der Waals surface area contributed by atoms with Gasteiger partial charge in [-0.15, -0.1) is 0 Å². The summed E-state index contributed by atoms with van der Waals surface area (Å²) >= 11 is 12.0. The highest BCUT2D eigenvalue weighted by atomic mass is 35.5. The monoisotopic (exact) mass is 369 g/mol. The van der Waals surface area contributed by atoms with E-state index in [1.165, 1.54) is 23.2 Å². The first kappa shape index (κ1) is 16.2. The van der Waals surface area contributed by atoms with Gasteiger partial charge in [0.25, 0.3) is 10.0 Å². The fourth-order valence-electron chi connectivity index (χ4n) is 2.51. The van der Waals surface area contributed by atoms with Crippen LogP contribution < -0.4 is 4.74 Å². The third-order valence-corrected chi connectivity index (χ3v) is 5.94. The third-order valence-electron chi connectivity index (χ3n) is 3.56. The molecular weight excluding hydrogens is 357 g/mol. The molecule has 0 aliphatic rings. The zero-order valence-electron chi connectivity index (χ0n) is 12.4. The molecule has 0 N–H and O–H groups in total. The summed E-state index contributed by atoms with van der Waals surface area (Å²) in [5.74, 6) is 0.500. The molecule has 1 heterocycles. The Labute approximate surface area is 144 Å². The average molecular weight is 370 g/mol. The zero-order valence-corrected chi connectivity index (χ0v) is 14.7. The molecule has 0 amide bonds. The summed E-state index contributed by atoms with van der Waals surface area (Å²) in [5, 5.41) is 1.57. The molecule has 4 nitrogen and oxygen atoms in total. The van der Waals surface area contributed by atoms with E-state index in [4.69, 9.17) is 27.9 Å². The van der Waals surface area contributed by atoms with Crippen molar-refractivity contribution in [3.63, 3.8) is 0 Å². The van der Waals surface area contributed by atoms with Gasteiger partial charge in [0.2, 0.25) is 0 Å². The Morgan fingerprint density at radius 2 is 1.70 bits per heavy atom. The van der Waals surface area contributed by atoms with Crippen LogP contribution >= 0.6 is 23.2 Å². The number of hydrogen-bond donors (Lipinski definition) is 0. The molecule has 0 aliphatic carbocycles. The average Bonchev–Trinajstić information content (AvgIpc) is 2.82. The molecule has 0 aliphatic heterocycles. The standard InChI is InChI=1S/C16H13Cl2NO3S/c1-10-7-11-8-16(22-2)14(18)9-15(11)19(10)23(20,21)13-5-3-12(17)4-6-13/h3-9H,1-2H3. The van der Waals surface area contributed by atoms with E-state index in [0.717, 1.165) is 5.39 Å². The van der Waals surface area contributed by atoms with Crippen LogP contribution in [-0.2, 0) is 10.0 Å². The maximum absolute atomic E-state index is 13.0. The van der Waals surface area contributed by atoms with Crippen molar-refractivity contribution >= 4 is 44.1 Å². The SMILES string of the molecule is COc1cc2cc(C)n(S(=O)(=O)c3ccc(Cl)cc3)c2cc1Cl. The van der Waals surface area contributed by atoms with Crippen LogP contribution in [0, 0.1) is 6.92 Å². The molecule has 3 rings (SSSR count). The number of hydrogen-bond acceptors (Lipinski definition) is 3. The second-order valence-electron chi connectivity index (χ2n) is 5.05. The largest absolute Gasteiger partial charge is 0.495 e. The lowest BCUT2D eigenvalue weighted by Crippen LogP contribution is -2.14. The second-order valence-corrected chi connectivity index (χ2v) is 7.68. The molecule has 7 heteroatoms. The molecule has 23 heavy (non-hydrogen) atoms. The lowest BCUT2D eigenvalue weighted by molar-refractivity contribution is 0.415. The van der Waals surface area contributed by atoms with E-state index in [1.807, 2.05) is 0 Å². The summed E-state index contributed by atoms with van der Waals surface area (Å²) in [6.07, 6.45) is 0. The summed E-state index contributed by atoms with van der Waals surface area (Å²) < 4.78 is 32.4. The van der Waals surface area contributed by atoms with Crippen molar-refractivity contribution in [2.45, 2.75) is 11.8 Å². The maximum atomic E-state index is 13.0. The van der Waals surface area contributed by atoms with Crippen LogP contribution in [0.2, 0.25) is 10.0 Å². The van der Waals surface area contributed by atoms with Crippen molar-refractivity contribution in [1.29, 1.82) is 0 Å². The van der Waals surface area contributed by atoms with Gasteiger partial charge in [-0.1, -0.05) is 23.2 Å². The Balaban J connectivity index is 2.29. The summed E-state index contributed by atoms with van der Waals surface area (Å²) in [6, 6.07) is 11.1. The van der Waals surface area contributed by atoms with Crippen molar-refractivity contribution in [3.05, 3.63) is 58.2 Å². The topological polar surface area (TPSA) is 48.3 Å². The highest BCUT2D eigenvalue weighted by Crippen LogP contribution is 2.33. The molecule has 0 radical (unpaired) electrons. The normalized spacial score (nSPS) is 11.8. The maximum Gasteiger partial charge on any atom is 0.268 e. The van der Waals surface area contributed by atoms with Crippen LogP contribution in [0.1, 0.15) is 5.69 Å². The van der Waals surface area contributed by atoms with Gasteiger partial charge in [-0.3, -0.25) is 0 Å². The summed E-state index contributed by atoms with van der Waals surface area (Å²) in [6.45, 7) is 1.73. The first-order valence-corrected chi connectivity index (χ1v) is 8.91. The summed E-state index contributed by atoms with van der Waals surface area (Å²) in [7, 11) is -2.23. The van der Waals surface area contributed by atoms with Gasteiger partial charge in [-0.05, 0) is 49.4 Å². The van der Waals surface area contributed by atoms with Gasteiger partial charge in [-0.25, -0.2) is 12.4 Å². The fraction of sp³-hybridized carbons (Fsp3) is 0.125. The Bertz CT molecular complexity index is 992. The van der Waals surface area contributed by atoms with E-state index in [2.05, 4.69) is 0 Å². The fourth-order valence-corrected chi connectivity index (χ4v) is 4.41. The van der Waals surface area contributed by atoms with Crippen LogP contribution in [0.4, 0.5) is 0 Å². The van der Waals surface area contributed by atoms with E-state index >= 15 is 0 Å². The molecule has 2 aromatic carbocycles. The number of benzene rings is 2. The van der Waals surface area contributed by atoms with Crippen molar-refractivity contribution < 1.29 is 13.2 Å². The van der Waals surface area contributed by atoms with Gasteiger partial charge >= 0.3 is 0 Å². The Morgan fingerprint density at radius 1 is 1.04 bits per heavy atom. The van der Waals surface area contributed by atoms with E-state index in [-0.39, 0.29) is 4.90 Å². The van der Waals surface area contributed by atoms with Crippen molar-refractivity contribution in [3.8, 4) is 5.75 Å². The Hall–Kier alpha value is -1.69. The first-order valence-electron chi connectivity index (χ1n) is 6.71. The molecule has 0 atom stereocenters. The predicted molar refractivity (Wildman–Crippen MR) is 92.3 cm³/mol. The number of methoxy groups -OCH3 is 1. The minimum absolute atomic E-state index is 0.162. The highest BCUT2D eigenvalue weighted by molar-refractivity contribution is 7.90. The number of aromatic nitrogens is 1. The molecule has 0 saturated carbocycles. The van der Waals surface area contributed by atoms with Gasteiger partial charge in [0.05, 0.1) is 22.5 Å². The molecule has 1 aromatic heterocycles. The quantitative estimate of drug-likeness (QED) is 0.682. The lowest BCUT2D eigenvalue weighted by Gasteiger charge is -2.11. The molecule has 0 fully saturated rings. The smallest absolute Gasteiger partial charge is 0.268 e. The molecular formula is C16H13Cl2NO3S. The third kappa shape index (κ3) is 2.69. The van der Waals surface area contributed by atoms with E-state index in [1.54, 1.807) is 37.3 Å².